The van der Waals surface area contributed by atoms with Crippen molar-refractivity contribution in [2.75, 3.05) is 29.5 Å². The van der Waals surface area contributed by atoms with Gasteiger partial charge in [-0.05, 0) is 38.1 Å². The third-order valence-electron chi connectivity index (χ3n) is 4.05. The SMILES string of the molecule is CCOC(=O)c1ccccc1N(CC(=O)N(CC)c1ccccc1)C(C)=O. The minimum Gasteiger partial charge on any atom is -0.462 e. The van der Waals surface area contributed by atoms with E-state index < -0.39 is 5.97 Å². The van der Waals surface area contributed by atoms with Crippen molar-refractivity contribution >= 4 is 29.2 Å². The maximum absolute atomic E-state index is 12.9. The largest absolute Gasteiger partial charge is 0.462 e. The highest BCUT2D eigenvalue weighted by Crippen LogP contribution is 2.23. The average Bonchev–Trinajstić information content (AvgIpc) is 2.67. The van der Waals surface area contributed by atoms with Crippen LogP contribution in [0, 0.1) is 0 Å². The Morgan fingerprint density at radius 2 is 1.52 bits per heavy atom. The Kier molecular flexibility index (Phi) is 7.11. The molecule has 2 amide bonds. The van der Waals surface area contributed by atoms with E-state index in [2.05, 4.69) is 0 Å². The number of likely N-dealkylation sites (N-methyl/N-ethyl adjacent to an activating group) is 1. The maximum Gasteiger partial charge on any atom is 0.340 e. The summed E-state index contributed by atoms with van der Waals surface area (Å²) in [5, 5.41) is 0. The minimum absolute atomic E-state index is 0.172. The molecule has 6 heteroatoms. The van der Waals surface area contributed by atoms with Crippen molar-refractivity contribution in [1.29, 1.82) is 0 Å². The number of carbonyl (C=O) groups is 3. The minimum atomic E-state index is -0.526. The van der Waals surface area contributed by atoms with Gasteiger partial charge in [-0.1, -0.05) is 30.3 Å². The molecule has 0 saturated carbocycles. The number of anilines is 2. The molecule has 27 heavy (non-hydrogen) atoms. The van der Waals surface area contributed by atoms with E-state index in [1.807, 2.05) is 37.3 Å². The van der Waals surface area contributed by atoms with Crippen LogP contribution in [-0.2, 0) is 14.3 Å². The molecule has 0 unspecified atom stereocenters. The molecule has 0 N–H and O–H groups in total. The summed E-state index contributed by atoms with van der Waals surface area (Å²) in [7, 11) is 0. The van der Waals surface area contributed by atoms with Gasteiger partial charge in [-0.2, -0.15) is 0 Å². The highest BCUT2D eigenvalue weighted by Gasteiger charge is 2.24. The molecule has 142 valence electrons. The molecule has 0 aliphatic carbocycles. The summed E-state index contributed by atoms with van der Waals surface area (Å²) in [5.74, 6) is -1.09. The third kappa shape index (κ3) is 4.94. The van der Waals surface area contributed by atoms with Crippen molar-refractivity contribution in [2.45, 2.75) is 20.8 Å². The fourth-order valence-electron chi connectivity index (χ4n) is 2.79. The molecular formula is C21H24N2O4. The Bertz CT molecular complexity index is 805. The summed E-state index contributed by atoms with van der Waals surface area (Å²) in [6.07, 6.45) is 0. The van der Waals surface area contributed by atoms with Gasteiger partial charge in [0.15, 0.2) is 0 Å². The molecule has 0 radical (unpaired) electrons. The lowest BCUT2D eigenvalue weighted by molar-refractivity contribution is -0.121. The lowest BCUT2D eigenvalue weighted by Gasteiger charge is -2.27. The molecule has 0 aromatic heterocycles. The van der Waals surface area contributed by atoms with Crippen molar-refractivity contribution < 1.29 is 19.1 Å². The van der Waals surface area contributed by atoms with Crippen molar-refractivity contribution in [3.05, 3.63) is 60.2 Å². The third-order valence-corrected chi connectivity index (χ3v) is 4.05. The van der Waals surface area contributed by atoms with Gasteiger partial charge in [0.25, 0.3) is 0 Å². The molecule has 2 aromatic rings. The number of esters is 1. The van der Waals surface area contributed by atoms with Crippen LogP contribution >= 0.6 is 0 Å². The normalized spacial score (nSPS) is 10.2. The molecule has 2 rings (SSSR count). The first-order chi connectivity index (χ1) is 13.0. The summed E-state index contributed by atoms with van der Waals surface area (Å²) in [6.45, 7) is 5.47. The van der Waals surface area contributed by atoms with E-state index in [9.17, 15) is 14.4 Å². The van der Waals surface area contributed by atoms with Gasteiger partial charge in [-0.15, -0.1) is 0 Å². The number of benzene rings is 2. The number of hydrogen-bond donors (Lipinski definition) is 0. The van der Waals surface area contributed by atoms with E-state index in [1.54, 1.807) is 36.1 Å². The van der Waals surface area contributed by atoms with Crippen LogP contribution in [0.25, 0.3) is 0 Å². The Balaban J connectivity index is 2.32. The Morgan fingerprint density at radius 3 is 2.11 bits per heavy atom. The number of ether oxygens (including phenoxy) is 1. The Labute approximate surface area is 159 Å². The van der Waals surface area contributed by atoms with E-state index in [0.717, 1.165) is 5.69 Å². The quantitative estimate of drug-likeness (QED) is 0.704. The van der Waals surface area contributed by atoms with Crippen molar-refractivity contribution in [1.82, 2.24) is 0 Å². The fraction of sp³-hybridized carbons (Fsp3) is 0.286. The zero-order valence-electron chi connectivity index (χ0n) is 15.8. The van der Waals surface area contributed by atoms with Crippen LogP contribution in [0.1, 0.15) is 31.1 Å². The van der Waals surface area contributed by atoms with E-state index in [1.165, 1.54) is 11.8 Å². The van der Waals surface area contributed by atoms with E-state index in [-0.39, 0.29) is 30.5 Å². The predicted molar refractivity (Wildman–Crippen MR) is 105 cm³/mol. The molecule has 0 atom stereocenters. The topological polar surface area (TPSA) is 66.9 Å². The number of rotatable bonds is 7. The van der Waals surface area contributed by atoms with Crippen LogP contribution in [0.15, 0.2) is 54.6 Å². The molecular weight excluding hydrogens is 344 g/mol. The molecule has 0 bridgehead atoms. The molecule has 6 nitrogen and oxygen atoms in total. The summed E-state index contributed by atoms with van der Waals surface area (Å²) < 4.78 is 5.07. The Hall–Kier alpha value is -3.15. The number of para-hydroxylation sites is 2. The molecule has 0 heterocycles. The first-order valence-corrected chi connectivity index (χ1v) is 8.89. The van der Waals surface area contributed by atoms with Crippen LogP contribution in [0.3, 0.4) is 0 Å². The van der Waals surface area contributed by atoms with Crippen LogP contribution < -0.4 is 9.80 Å². The van der Waals surface area contributed by atoms with Gasteiger partial charge in [0.05, 0.1) is 17.9 Å². The smallest absolute Gasteiger partial charge is 0.340 e. The van der Waals surface area contributed by atoms with Gasteiger partial charge in [0.1, 0.15) is 6.54 Å². The average molecular weight is 368 g/mol. The van der Waals surface area contributed by atoms with Crippen molar-refractivity contribution in [3.8, 4) is 0 Å². The van der Waals surface area contributed by atoms with Crippen LogP contribution in [0.2, 0.25) is 0 Å². The van der Waals surface area contributed by atoms with Crippen LogP contribution in [-0.4, -0.2) is 37.5 Å². The van der Waals surface area contributed by atoms with Gasteiger partial charge in [0, 0.05) is 19.2 Å². The molecule has 2 aromatic carbocycles. The van der Waals surface area contributed by atoms with Crippen LogP contribution in [0.4, 0.5) is 11.4 Å². The Morgan fingerprint density at radius 1 is 0.889 bits per heavy atom. The van der Waals surface area contributed by atoms with Crippen LogP contribution in [0.5, 0.6) is 0 Å². The highest BCUT2D eigenvalue weighted by atomic mass is 16.5. The fourth-order valence-corrected chi connectivity index (χ4v) is 2.79. The van der Waals surface area contributed by atoms with E-state index >= 15 is 0 Å². The lowest BCUT2D eigenvalue weighted by atomic mass is 10.1. The number of hydrogen-bond acceptors (Lipinski definition) is 4. The van der Waals surface area contributed by atoms with Gasteiger partial charge < -0.3 is 14.5 Å². The molecule has 0 aliphatic rings. The summed E-state index contributed by atoms with van der Waals surface area (Å²) in [4.78, 5) is 40.3. The highest BCUT2D eigenvalue weighted by molar-refractivity contribution is 6.06. The molecule has 0 spiro atoms. The second-order valence-electron chi connectivity index (χ2n) is 5.82. The number of carbonyl (C=O) groups excluding carboxylic acids is 3. The van der Waals surface area contributed by atoms with Gasteiger partial charge in [-0.25, -0.2) is 4.79 Å². The zero-order valence-corrected chi connectivity index (χ0v) is 15.8. The molecule has 0 saturated heterocycles. The number of amides is 2. The van der Waals surface area contributed by atoms with E-state index in [4.69, 9.17) is 4.74 Å². The second-order valence-corrected chi connectivity index (χ2v) is 5.82. The zero-order chi connectivity index (χ0) is 19.8. The van der Waals surface area contributed by atoms with E-state index in [0.29, 0.717) is 12.2 Å². The maximum atomic E-state index is 12.9. The molecule has 0 aliphatic heterocycles. The standard InChI is InChI=1S/C21H24N2O4/c1-4-22(17-11-7-6-8-12-17)20(25)15-23(16(3)24)19-14-10-9-13-18(19)21(26)27-5-2/h6-14H,4-5,15H2,1-3H3. The monoisotopic (exact) mass is 368 g/mol. The van der Waals surface area contributed by atoms with Crippen molar-refractivity contribution in [2.24, 2.45) is 0 Å². The van der Waals surface area contributed by atoms with Gasteiger partial charge in [-0.3, -0.25) is 9.59 Å². The van der Waals surface area contributed by atoms with Crippen molar-refractivity contribution in [3.63, 3.8) is 0 Å². The first-order valence-electron chi connectivity index (χ1n) is 8.89. The lowest BCUT2D eigenvalue weighted by Crippen LogP contribution is -2.43. The second kappa shape index (κ2) is 9.52. The van der Waals surface area contributed by atoms with Gasteiger partial charge >= 0.3 is 5.97 Å². The summed E-state index contributed by atoms with van der Waals surface area (Å²) >= 11 is 0. The predicted octanol–water partition coefficient (Wildman–Crippen LogP) is 3.27. The molecule has 0 fully saturated rings. The first kappa shape index (κ1) is 20.2. The number of nitrogens with zero attached hydrogens (tertiary/aromatic N) is 2. The summed E-state index contributed by atoms with van der Waals surface area (Å²) in [6, 6.07) is 15.9. The summed E-state index contributed by atoms with van der Waals surface area (Å²) in [5.41, 5.74) is 1.37. The van der Waals surface area contributed by atoms with Gasteiger partial charge in [0.2, 0.25) is 11.8 Å².